The molecule has 0 fully saturated rings. The highest BCUT2D eigenvalue weighted by molar-refractivity contribution is 9.10. The van der Waals surface area contributed by atoms with Gasteiger partial charge in [-0.05, 0) is 74.0 Å². The van der Waals surface area contributed by atoms with Crippen molar-refractivity contribution in [3.05, 3.63) is 63.8 Å². The zero-order valence-corrected chi connectivity index (χ0v) is 19.8. The van der Waals surface area contributed by atoms with Gasteiger partial charge in [-0.3, -0.25) is 9.36 Å². The Balaban J connectivity index is 1.69. The fourth-order valence-corrected chi connectivity index (χ4v) is 3.81. The van der Waals surface area contributed by atoms with E-state index in [0.29, 0.717) is 22.6 Å². The van der Waals surface area contributed by atoms with Gasteiger partial charge in [-0.1, -0.05) is 0 Å². The molecule has 0 aliphatic carbocycles. The number of rotatable bonds is 4. The van der Waals surface area contributed by atoms with E-state index >= 15 is 0 Å². The Morgan fingerprint density at radius 3 is 2.64 bits per heavy atom. The fourth-order valence-electron chi connectivity index (χ4n) is 3.29. The number of benzene rings is 1. The van der Waals surface area contributed by atoms with Crippen LogP contribution in [0.1, 0.15) is 42.5 Å². The third-order valence-corrected chi connectivity index (χ3v) is 5.31. The van der Waals surface area contributed by atoms with Crippen LogP contribution in [0.15, 0.2) is 46.1 Å². The van der Waals surface area contributed by atoms with Crippen LogP contribution in [0, 0.1) is 12.7 Å². The predicted octanol–water partition coefficient (Wildman–Crippen LogP) is 4.42. The van der Waals surface area contributed by atoms with E-state index in [1.165, 1.54) is 15.5 Å². The Morgan fingerprint density at radius 1 is 1.24 bits per heavy atom. The van der Waals surface area contributed by atoms with Gasteiger partial charge in [0.25, 0.3) is 5.91 Å². The van der Waals surface area contributed by atoms with Gasteiger partial charge in [-0.15, -0.1) is 0 Å². The lowest BCUT2D eigenvalue weighted by molar-refractivity contribution is 0.0529. The summed E-state index contributed by atoms with van der Waals surface area (Å²) in [4.78, 5) is 29.6. The first-order valence-electron chi connectivity index (χ1n) is 9.93. The minimum Gasteiger partial charge on any atom is -0.443 e. The second-order valence-electron chi connectivity index (χ2n) is 8.24. The van der Waals surface area contributed by atoms with Crippen LogP contribution < -0.4 is 5.43 Å². The van der Waals surface area contributed by atoms with Gasteiger partial charge in [0.15, 0.2) is 11.6 Å². The van der Waals surface area contributed by atoms with Gasteiger partial charge in [0.2, 0.25) is 0 Å². The Bertz CT molecular complexity index is 1350. The lowest BCUT2D eigenvalue weighted by atomic mass is 10.2. The first kappa shape index (κ1) is 22.6. The van der Waals surface area contributed by atoms with Crippen LogP contribution in [0.2, 0.25) is 0 Å². The number of pyridine rings is 1. The molecular weight excluding hydrogens is 495 g/mol. The maximum absolute atomic E-state index is 14.4. The monoisotopic (exact) mass is 514 g/mol. The van der Waals surface area contributed by atoms with Crippen molar-refractivity contribution in [1.82, 2.24) is 24.8 Å². The molecule has 4 aromatic heterocycles. The molecule has 0 saturated carbocycles. The molecule has 0 saturated heterocycles. The summed E-state index contributed by atoms with van der Waals surface area (Å²) in [7, 11) is 0. The van der Waals surface area contributed by atoms with E-state index in [4.69, 9.17) is 4.74 Å². The molecule has 0 spiro atoms. The molecule has 11 heteroatoms. The number of halogens is 2. The number of hydrogen-bond acceptors (Lipinski definition) is 6. The highest BCUT2D eigenvalue weighted by atomic mass is 79.9. The van der Waals surface area contributed by atoms with E-state index in [1.807, 2.05) is 0 Å². The van der Waals surface area contributed by atoms with Crippen molar-refractivity contribution in [3.63, 3.8) is 0 Å². The van der Waals surface area contributed by atoms with Crippen LogP contribution >= 0.6 is 15.9 Å². The van der Waals surface area contributed by atoms with E-state index in [-0.39, 0.29) is 15.7 Å². The fraction of sp³-hybridized carbons (Fsp3) is 0.227. The molecule has 1 N–H and O–H groups in total. The zero-order chi connectivity index (χ0) is 23.9. The number of hydrogen-bond donors (Lipinski definition) is 1. The maximum Gasteiger partial charge on any atom is 0.428 e. The topological polar surface area (TPSA) is 103 Å². The largest absolute Gasteiger partial charge is 0.443 e. The van der Waals surface area contributed by atoms with Gasteiger partial charge < -0.3 is 4.74 Å². The summed E-state index contributed by atoms with van der Waals surface area (Å²) in [6, 6.07) is 8.19. The van der Waals surface area contributed by atoms with E-state index < -0.39 is 23.4 Å². The molecule has 33 heavy (non-hydrogen) atoms. The quantitative estimate of drug-likeness (QED) is 0.320. The Hall–Kier alpha value is -3.60. The third kappa shape index (κ3) is 4.36. The van der Waals surface area contributed by atoms with Crippen LogP contribution in [-0.2, 0) is 4.74 Å². The number of carbonyl (C=O) groups is 2. The number of aryl methyl sites for hydroxylation is 1. The molecule has 4 aromatic rings. The third-order valence-electron chi connectivity index (χ3n) is 4.55. The van der Waals surface area contributed by atoms with Gasteiger partial charge in [0.1, 0.15) is 11.3 Å². The number of aromatic nitrogens is 4. The van der Waals surface area contributed by atoms with Gasteiger partial charge in [0, 0.05) is 11.8 Å². The van der Waals surface area contributed by atoms with E-state index in [2.05, 4.69) is 36.5 Å². The summed E-state index contributed by atoms with van der Waals surface area (Å²) < 4.78 is 22.4. The molecule has 0 unspecified atom stereocenters. The average molecular weight is 515 g/mol. The van der Waals surface area contributed by atoms with E-state index in [1.54, 1.807) is 64.2 Å². The average Bonchev–Trinajstić information content (AvgIpc) is 3.40. The number of hydrazone groups is 1. The predicted molar refractivity (Wildman–Crippen MR) is 124 cm³/mol. The van der Waals surface area contributed by atoms with Crippen LogP contribution in [0.25, 0.3) is 16.9 Å². The number of nitrogens with one attached hydrogen (secondary N) is 1. The number of carbonyl (C=O) groups excluding carboxylic acids is 2. The first-order chi connectivity index (χ1) is 15.6. The van der Waals surface area contributed by atoms with Crippen LogP contribution in [-0.4, -0.2) is 43.1 Å². The van der Waals surface area contributed by atoms with Crippen molar-refractivity contribution in [2.24, 2.45) is 5.10 Å². The molecule has 2 bridgehead atoms. The Morgan fingerprint density at radius 2 is 1.97 bits per heavy atom. The number of amides is 1. The lowest BCUT2D eigenvalue weighted by Crippen LogP contribution is -2.29. The second-order valence-corrected chi connectivity index (χ2v) is 9.04. The molecular formula is C22H20BrFN6O3. The standard InChI is InChI=1S/C22H20BrFN6O3/c1-12-10-16(20(31)29-14-7-8-15(29)18(24)17(14)23)30(28-12)19-13(6-5-9-25-19)11-26-27-21(32)33-22(2,3)4/h5-11H,1-4H3,(H,27,32)/b26-11+. The summed E-state index contributed by atoms with van der Waals surface area (Å²) in [6.07, 6.45) is 2.21. The highest BCUT2D eigenvalue weighted by Crippen LogP contribution is 2.33. The molecule has 0 aliphatic rings. The summed E-state index contributed by atoms with van der Waals surface area (Å²) >= 11 is 3.19. The van der Waals surface area contributed by atoms with Crippen LogP contribution in [0.3, 0.4) is 0 Å². The molecule has 9 nitrogen and oxygen atoms in total. The van der Waals surface area contributed by atoms with Crippen molar-refractivity contribution in [2.75, 3.05) is 0 Å². The first-order valence-corrected chi connectivity index (χ1v) is 10.7. The molecule has 0 aliphatic heterocycles. The summed E-state index contributed by atoms with van der Waals surface area (Å²) in [5.74, 6) is -0.649. The van der Waals surface area contributed by atoms with Gasteiger partial charge >= 0.3 is 6.09 Å². The van der Waals surface area contributed by atoms with Crippen LogP contribution in [0.5, 0.6) is 0 Å². The molecule has 4 rings (SSSR count). The molecule has 1 amide bonds. The smallest absolute Gasteiger partial charge is 0.428 e. The molecule has 0 radical (unpaired) electrons. The number of ether oxygens (including phenoxy) is 1. The Kier molecular flexibility index (Phi) is 5.75. The van der Waals surface area contributed by atoms with Crippen molar-refractivity contribution < 1.29 is 18.7 Å². The maximum atomic E-state index is 14.4. The van der Waals surface area contributed by atoms with Crippen molar-refractivity contribution >= 4 is 45.2 Å². The summed E-state index contributed by atoms with van der Waals surface area (Å²) in [5.41, 5.74) is 3.46. The van der Waals surface area contributed by atoms with Gasteiger partial charge in [-0.25, -0.2) is 24.3 Å². The minimum atomic E-state index is -0.707. The van der Waals surface area contributed by atoms with Gasteiger partial charge in [0.05, 0.1) is 27.4 Å². The summed E-state index contributed by atoms with van der Waals surface area (Å²) in [5, 5.41) is 8.33. The Labute approximate surface area is 196 Å². The van der Waals surface area contributed by atoms with Crippen molar-refractivity contribution in [3.8, 4) is 5.82 Å². The highest BCUT2D eigenvalue weighted by Gasteiger charge is 2.26. The minimum absolute atomic E-state index is 0.164. The molecule has 0 atom stereocenters. The zero-order valence-electron chi connectivity index (χ0n) is 18.3. The summed E-state index contributed by atoms with van der Waals surface area (Å²) in [6.45, 7) is 6.96. The van der Waals surface area contributed by atoms with Gasteiger partial charge in [-0.2, -0.15) is 10.2 Å². The van der Waals surface area contributed by atoms with Crippen LogP contribution in [0.4, 0.5) is 9.18 Å². The molecule has 170 valence electrons. The lowest BCUT2D eigenvalue weighted by Gasteiger charge is -2.18. The molecule has 0 aromatic carbocycles. The van der Waals surface area contributed by atoms with Crippen molar-refractivity contribution in [1.29, 1.82) is 0 Å². The molecule has 4 heterocycles. The SMILES string of the molecule is Cc1cc(C(=O)n2c3ccc2c(Br)c3F)n(-c2ncccc2/C=N/NC(=O)OC(C)(C)C)n1. The van der Waals surface area contributed by atoms with E-state index in [9.17, 15) is 14.0 Å². The number of nitrogens with zero attached hydrogens (tertiary/aromatic N) is 5. The number of fused-ring (bicyclic) bond motifs is 2. The van der Waals surface area contributed by atoms with E-state index in [0.717, 1.165) is 0 Å². The second kappa shape index (κ2) is 8.39. The normalized spacial score (nSPS) is 12.1. The van der Waals surface area contributed by atoms with Crippen molar-refractivity contribution in [2.45, 2.75) is 33.3 Å².